The van der Waals surface area contributed by atoms with Crippen molar-refractivity contribution in [1.82, 2.24) is 20.9 Å². The summed E-state index contributed by atoms with van der Waals surface area (Å²) < 4.78 is 6.33. The average molecular weight is 553 g/mol. The maximum Gasteiger partial charge on any atom is 0.247 e. The Kier molecular flexibility index (Phi) is 11.1. The number of nitrogens with one attached hydrogen (secondary N) is 3. The van der Waals surface area contributed by atoms with Gasteiger partial charge in [0.15, 0.2) is 0 Å². The minimum atomic E-state index is -1.07. The maximum absolute atomic E-state index is 14.0. The van der Waals surface area contributed by atoms with Gasteiger partial charge in [0.25, 0.3) is 0 Å². The molecule has 6 atom stereocenters. The molecular formula is C31H44N4O5. The SMILES string of the molecule is CC[C@@H](C)[C@H](C(=O)N[C@@H]1C(=O)N[C@@H](Cc2ccccc2)C(=O)NC[C@H](O)c2ccc(cc2)O[C@H]1C(C)C)N(C)C. The molecular weight excluding hydrogens is 508 g/mol. The molecule has 2 aromatic rings. The Hall–Kier alpha value is -3.43. The van der Waals surface area contributed by atoms with Gasteiger partial charge in [0.05, 0.1) is 12.1 Å². The van der Waals surface area contributed by atoms with Crippen LogP contribution in [0.15, 0.2) is 54.6 Å². The highest BCUT2D eigenvalue weighted by molar-refractivity contribution is 5.93. The number of benzene rings is 2. The van der Waals surface area contributed by atoms with Crippen LogP contribution >= 0.6 is 0 Å². The molecule has 2 aromatic carbocycles. The molecule has 0 aromatic heterocycles. The maximum atomic E-state index is 14.0. The molecule has 9 nitrogen and oxygen atoms in total. The van der Waals surface area contributed by atoms with E-state index in [-0.39, 0.29) is 30.7 Å². The van der Waals surface area contributed by atoms with E-state index in [1.165, 1.54) is 0 Å². The van der Waals surface area contributed by atoms with Crippen molar-refractivity contribution in [3.8, 4) is 5.75 Å². The summed E-state index contributed by atoms with van der Waals surface area (Å²) in [4.78, 5) is 42.8. The van der Waals surface area contributed by atoms with Crippen molar-refractivity contribution < 1.29 is 24.2 Å². The molecule has 2 aliphatic heterocycles. The van der Waals surface area contributed by atoms with Crippen LogP contribution in [0.2, 0.25) is 0 Å². The molecule has 0 spiro atoms. The number of hydrogen-bond donors (Lipinski definition) is 4. The van der Waals surface area contributed by atoms with Gasteiger partial charge < -0.3 is 25.8 Å². The first-order valence-electron chi connectivity index (χ1n) is 14.0. The van der Waals surface area contributed by atoms with Crippen molar-refractivity contribution in [2.24, 2.45) is 11.8 Å². The van der Waals surface area contributed by atoms with E-state index in [0.29, 0.717) is 11.3 Å². The largest absolute Gasteiger partial charge is 0.487 e. The van der Waals surface area contributed by atoms with Crippen LogP contribution < -0.4 is 20.7 Å². The fourth-order valence-corrected chi connectivity index (χ4v) is 5.03. The summed E-state index contributed by atoms with van der Waals surface area (Å²) in [6.07, 6.45) is -0.633. The van der Waals surface area contributed by atoms with Crippen LogP contribution in [-0.2, 0) is 20.8 Å². The molecule has 2 bridgehead atoms. The summed E-state index contributed by atoms with van der Waals surface area (Å²) in [5.74, 6) is -0.837. The third kappa shape index (κ3) is 8.05. The first-order chi connectivity index (χ1) is 19.0. The topological polar surface area (TPSA) is 120 Å². The molecule has 3 amide bonds. The van der Waals surface area contributed by atoms with Crippen LogP contribution in [0.4, 0.5) is 0 Å². The van der Waals surface area contributed by atoms with E-state index in [2.05, 4.69) is 16.0 Å². The van der Waals surface area contributed by atoms with Gasteiger partial charge in [-0.1, -0.05) is 76.6 Å². The minimum absolute atomic E-state index is 0.0194. The lowest BCUT2D eigenvalue weighted by Crippen LogP contribution is -2.62. The predicted octanol–water partition coefficient (Wildman–Crippen LogP) is 2.44. The molecule has 0 radical (unpaired) electrons. The Bertz CT molecular complexity index is 1120. The molecule has 0 saturated heterocycles. The molecule has 0 saturated carbocycles. The van der Waals surface area contributed by atoms with Crippen LogP contribution in [0.3, 0.4) is 0 Å². The molecule has 40 heavy (non-hydrogen) atoms. The summed E-state index contributed by atoms with van der Waals surface area (Å²) in [5.41, 5.74) is 1.49. The number of carbonyl (C=O) groups excluding carboxylic acids is 3. The number of amides is 3. The Morgan fingerprint density at radius 2 is 1.70 bits per heavy atom. The van der Waals surface area contributed by atoms with Crippen molar-refractivity contribution in [3.05, 3.63) is 65.7 Å². The van der Waals surface area contributed by atoms with Gasteiger partial charge in [0.2, 0.25) is 17.7 Å². The van der Waals surface area contributed by atoms with Gasteiger partial charge in [-0.15, -0.1) is 0 Å². The highest BCUT2D eigenvalue weighted by Crippen LogP contribution is 2.23. The van der Waals surface area contributed by atoms with Crippen molar-refractivity contribution >= 4 is 17.7 Å². The number of rotatable bonds is 8. The minimum Gasteiger partial charge on any atom is -0.487 e. The second kappa shape index (κ2) is 14.3. The third-order valence-electron chi connectivity index (χ3n) is 7.50. The van der Waals surface area contributed by atoms with Crippen LogP contribution in [0.25, 0.3) is 0 Å². The van der Waals surface area contributed by atoms with Gasteiger partial charge >= 0.3 is 0 Å². The number of carbonyl (C=O) groups is 3. The Labute approximate surface area is 237 Å². The van der Waals surface area contributed by atoms with Gasteiger partial charge in [-0.05, 0) is 49.2 Å². The quantitative estimate of drug-likeness (QED) is 0.399. The lowest BCUT2D eigenvalue weighted by atomic mass is 9.94. The fourth-order valence-electron chi connectivity index (χ4n) is 5.03. The number of hydrogen-bond acceptors (Lipinski definition) is 6. The van der Waals surface area contributed by atoms with Gasteiger partial charge in [0.1, 0.15) is 23.9 Å². The molecule has 0 unspecified atom stereocenters. The van der Waals surface area contributed by atoms with E-state index in [1.54, 1.807) is 24.3 Å². The fraction of sp³-hybridized carbons (Fsp3) is 0.516. The summed E-state index contributed by atoms with van der Waals surface area (Å²) in [6.45, 7) is 7.85. The predicted molar refractivity (Wildman–Crippen MR) is 155 cm³/mol. The van der Waals surface area contributed by atoms with E-state index in [0.717, 1.165) is 12.0 Å². The number of ether oxygens (including phenoxy) is 1. The normalized spacial score (nSPS) is 23.5. The number of fused-ring (bicyclic) bond motifs is 11. The summed E-state index contributed by atoms with van der Waals surface area (Å²) in [5, 5.41) is 19.3. The third-order valence-corrected chi connectivity index (χ3v) is 7.50. The summed E-state index contributed by atoms with van der Waals surface area (Å²) in [7, 11) is 3.69. The Morgan fingerprint density at radius 1 is 1.05 bits per heavy atom. The Balaban J connectivity index is 2.03. The Morgan fingerprint density at radius 3 is 2.27 bits per heavy atom. The summed E-state index contributed by atoms with van der Waals surface area (Å²) in [6, 6.07) is 13.8. The monoisotopic (exact) mass is 552 g/mol. The highest BCUT2D eigenvalue weighted by Gasteiger charge is 2.38. The lowest BCUT2D eigenvalue weighted by molar-refractivity contribution is -0.137. The van der Waals surface area contributed by atoms with Crippen molar-refractivity contribution in [3.63, 3.8) is 0 Å². The summed E-state index contributed by atoms with van der Waals surface area (Å²) >= 11 is 0. The number of aliphatic hydroxyl groups excluding tert-OH is 1. The molecule has 2 heterocycles. The van der Waals surface area contributed by atoms with Gasteiger partial charge in [-0.3, -0.25) is 19.3 Å². The first-order valence-corrected chi connectivity index (χ1v) is 14.0. The van der Waals surface area contributed by atoms with Crippen molar-refractivity contribution in [2.45, 2.75) is 70.9 Å². The molecule has 0 fully saturated rings. The van der Waals surface area contributed by atoms with Crippen LogP contribution in [-0.4, -0.2) is 72.6 Å². The molecule has 0 aliphatic carbocycles. The lowest BCUT2D eigenvalue weighted by Gasteiger charge is -2.35. The van der Waals surface area contributed by atoms with Crippen molar-refractivity contribution in [2.75, 3.05) is 20.6 Å². The molecule has 218 valence electrons. The molecule has 2 aliphatic rings. The van der Waals surface area contributed by atoms with Gasteiger partial charge in [-0.2, -0.15) is 0 Å². The van der Waals surface area contributed by atoms with E-state index in [4.69, 9.17) is 4.74 Å². The van der Waals surface area contributed by atoms with Crippen LogP contribution in [0, 0.1) is 11.8 Å². The van der Waals surface area contributed by atoms with Crippen molar-refractivity contribution in [1.29, 1.82) is 0 Å². The van der Waals surface area contributed by atoms with Crippen LogP contribution in [0.1, 0.15) is 51.3 Å². The van der Waals surface area contributed by atoms with E-state index < -0.39 is 42.1 Å². The highest BCUT2D eigenvalue weighted by atomic mass is 16.5. The number of likely N-dealkylation sites (N-methyl/N-ethyl adjacent to an activating group) is 1. The molecule has 4 N–H and O–H groups in total. The standard InChI is InChI=1S/C31H44N4O5/c1-7-20(4)27(35(5)6)31(39)34-26-28(19(2)3)40-23-15-13-22(14-16-23)25(36)18-32-29(37)24(33-30(26)38)17-21-11-9-8-10-12-21/h8-16,19-20,24-28,36H,7,17-18H2,1-6H3,(H,32,37)(H,33,38)(H,34,39)/t20-,24+,25+,26+,27-,28+/m1/s1. The first kappa shape index (κ1) is 31.1. The number of nitrogens with zero attached hydrogens (tertiary/aromatic N) is 1. The molecule has 4 rings (SSSR count). The van der Waals surface area contributed by atoms with Crippen LogP contribution in [0.5, 0.6) is 5.75 Å². The zero-order valence-electron chi connectivity index (χ0n) is 24.4. The average Bonchev–Trinajstić information content (AvgIpc) is 2.93. The van der Waals surface area contributed by atoms with E-state index >= 15 is 0 Å². The van der Waals surface area contributed by atoms with Gasteiger partial charge in [-0.25, -0.2) is 0 Å². The zero-order chi connectivity index (χ0) is 29.4. The zero-order valence-corrected chi connectivity index (χ0v) is 24.4. The number of aliphatic hydroxyl groups is 1. The van der Waals surface area contributed by atoms with Gasteiger partial charge in [0, 0.05) is 13.0 Å². The molecule has 9 heteroatoms. The second-order valence-corrected chi connectivity index (χ2v) is 11.2. The van der Waals surface area contributed by atoms with E-state index in [9.17, 15) is 19.5 Å². The van der Waals surface area contributed by atoms with E-state index in [1.807, 2.05) is 77.0 Å². The smallest absolute Gasteiger partial charge is 0.247 e. The second-order valence-electron chi connectivity index (χ2n) is 11.2.